The minimum Gasteiger partial charge on any atom is -0.483 e. The fraction of sp³-hybridized carbons (Fsp3) is 0.0909. The zero-order valence-electron chi connectivity index (χ0n) is 13.9. The summed E-state index contributed by atoms with van der Waals surface area (Å²) < 4.78 is 33.2. The first kappa shape index (κ1) is 16.9. The topological polar surface area (TPSA) is 9.23 Å². The van der Waals surface area contributed by atoms with Gasteiger partial charge in [-0.25, -0.2) is 8.78 Å². The largest absolute Gasteiger partial charge is 0.483 e. The van der Waals surface area contributed by atoms with Crippen LogP contribution in [-0.4, -0.2) is 6.61 Å². The van der Waals surface area contributed by atoms with Gasteiger partial charge in [-0.2, -0.15) is 0 Å². The molecule has 0 amide bonds. The van der Waals surface area contributed by atoms with Gasteiger partial charge in [-0.05, 0) is 41.3 Å². The molecule has 0 atom stereocenters. The van der Waals surface area contributed by atoms with E-state index in [0.29, 0.717) is 5.56 Å². The minimum absolute atomic E-state index is 0.0540. The molecule has 0 aromatic heterocycles. The molecule has 0 heterocycles. The van der Waals surface area contributed by atoms with Crippen LogP contribution in [0.2, 0.25) is 0 Å². The Kier molecular flexibility index (Phi) is 4.94. The lowest BCUT2D eigenvalue weighted by Gasteiger charge is -2.10. The minimum atomic E-state index is -0.723. The average Bonchev–Trinajstić information content (AvgIpc) is 2.62. The van der Waals surface area contributed by atoms with E-state index in [4.69, 9.17) is 4.74 Å². The van der Waals surface area contributed by atoms with E-state index in [1.165, 1.54) is 23.8 Å². The Labute approximate surface area is 146 Å². The van der Waals surface area contributed by atoms with Crippen LogP contribution in [-0.2, 0) is 0 Å². The maximum atomic E-state index is 14.1. The molecular formula is C22H18F2O. The normalized spacial score (nSPS) is 10.5. The van der Waals surface area contributed by atoms with Gasteiger partial charge in [0, 0.05) is 0 Å². The smallest absolute Gasteiger partial charge is 0.191 e. The van der Waals surface area contributed by atoms with E-state index < -0.39 is 11.6 Å². The second kappa shape index (κ2) is 7.31. The second-order valence-electron chi connectivity index (χ2n) is 5.81. The highest BCUT2D eigenvalue weighted by atomic mass is 19.1. The van der Waals surface area contributed by atoms with Gasteiger partial charge >= 0.3 is 0 Å². The van der Waals surface area contributed by atoms with Crippen molar-refractivity contribution < 1.29 is 13.5 Å². The number of aryl methyl sites for hydroxylation is 1. The molecule has 0 saturated carbocycles. The van der Waals surface area contributed by atoms with Crippen molar-refractivity contribution in [3.63, 3.8) is 0 Å². The first-order valence-corrected chi connectivity index (χ1v) is 7.98. The number of hydrogen-bond acceptors (Lipinski definition) is 1. The number of hydrogen-bond donors (Lipinski definition) is 0. The molecule has 0 unspecified atom stereocenters. The SMILES string of the molecule is C=CCOc1c(F)cc(-c2ccc(-c3ccc(C)cc3)cc2)cc1F. The van der Waals surface area contributed by atoms with Crippen LogP contribution in [0.3, 0.4) is 0 Å². The molecule has 0 aliphatic rings. The molecule has 0 aliphatic carbocycles. The van der Waals surface area contributed by atoms with Gasteiger partial charge < -0.3 is 4.74 Å². The van der Waals surface area contributed by atoms with E-state index in [-0.39, 0.29) is 12.4 Å². The van der Waals surface area contributed by atoms with Crippen LogP contribution in [0.25, 0.3) is 22.3 Å². The molecule has 25 heavy (non-hydrogen) atoms. The summed E-state index contributed by atoms with van der Waals surface area (Å²) in [6.07, 6.45) is 1.44. The molecule has 1 nitrogen and oxygen atoms in total. The molecule has 0 bridgehead atoms. The first-order valence-electron chi connectivity index (χ1n) is 7.98. The fourth-order valence-electron chi connectivity index (χ4n) is 2.61. The molecular weight excluding hydrogens is 318 g/mol. The Hall–Kier alpha value is -2.94. The number of rotatable bonds is 5. The molecule has 3 rings (SSSR count). The molecule has 0 aliphatic heterocycles. The molecule has 0 radical (unpaired) electrons. The third-order valence-electron chi connectivity index (χ3n) is 3.95. The van der Waals surface area contributed by atoms with Gasteiger partial charge in [0.2, 0.25) is 0 Å². The average molecular weight is 336 g/mol. The lowest BCUT2D eigenvalue weighted by Crippen LogP contribution is -1.99. The van der Waals surface area contributed by atoms with E-state index in [9.17, 15) is 8.78 Å². The van der Waals surface area contributed by atoms with Gasteiger partial charge in [0.1, 0.15) is 6.61 Å². The Morgan fingerprint density at radius 3 is 1.72 bits per heavy atom. The zero-order chi connectivity index (χ0) is 17.8. The number of ether oxygens (including phenoxy) is 1. The molecule has 126 valence electrons. The highest BCUT2D eigenvalue weighted by molar-refractivity contribution is 5.71. The van der Waals surface area contributed by atoms with Crippen LogP contribution >= 0.6 is 0 Å². The number of halogens is 2. The maximum absolute atomic E-state index is 14.1. The van der Waals surface area contributed by atoms with Gasteiger partial charge in [-0.15, -0.1) is 0 Å². The van der Waals surface area contributed by atoms with E-state index in [2.05, 4.69) is 30.8 Å². The van der Waals surface area contributed by atoms with Crippen LogP contribution < -0.4 is 4.74 Å². The molecule has 0 saturated heterocycles. The third-order valence-corrected chi connectivity index (χ3v) is 3.95. The summed E-state index contributed by atoms with van der Waals surface area (Å²) in [5.41, 5.74) is 4.56. The monoisotopic (exact) mass is 336 g/mol. The fourth-order valence-corrected chi connectivity index (χ4v) is 2.61. The molecule has 0 fully saturated rings. The van der Waals surface area contributed by atoms with Crippen molar-refractivity contribution in [2.75, 3.05) is 6.61 Å². The molecule has 0 spiro atoms. The first-order chi connectivity index (χ1) is 12.1. The van der Waals surface area contributed by atoms with Crippen molar-refractivity contribution in [3.05, 3.63) is 90.5 Å². The van der Waals surface area contributed by atoms with Crippen LogP contribution in [0, 0.1) is 18.6 Å². The van der Waals surface area contributed by atoms with Crippen molar-refractivity contribution in [1.29, 1.82) is 0 Å². The summed E-state index contributed by atoms with van der Waals surface area (Å²) in [6.45, 7) is 5.56. The van der Waals surface area contributed by atoms with Crippen molar-refractivity contribution in [2.45, 2.75) is 6.92 Å². The zero-order valence-corrected chi connectivity index (χ0v) is 13.9. The van der Waals surface area contributed by atoms with Crippen LogP contribution in [0.5, 0.6) is 5.75 Å². The van der Waals surface area contributed by atoms with E-state index >= 15 is 0 Å². The Bertz CT molecular complexity index is 858. The summed E-state index contributed by atoms with van der Waals surface area (Å²) in [5, 5.41) is 0. The highest BCUT2D eigenvalue weighted by Gasteiger charge is 2.13. The van der Waals surface area contributed by atoms with E-state index in [0.717, 1.165) is 16.7 Å². The maximum Gasteiger partial charge on any atom is 0.191 e. The molecule has 3 heteroatoms. The Morgan fingerprint density at radius 1 is 0.800 bits per heavy atom. The van der Waals surface area contributed by atoms with Crippen LogP contribution in [0.15, 0.2) is 73.3 Å². The molecule has 3 aromatic carbocycles. The summed E-state index contributed by atoms with van der Waals surface area (Å²) in [5.74, 6) is -1.82. The lowest BCUT2D eigenvalue weighted by atomic mass is 9.99. The summed E-state index contributed by atoms with van der Waals surface area (Å²) in [4.78, 5) is 0. The predicted molar refractivity (Wildman–Crippen MR) is 97.7 cm³/mol. The van der Waals surface area contributed by atoms with Crippen LogP contribution in [0.1, 0.15) is 5.56 Å². The van der Waals surface area contributed by atoms with E-state index in [1.807, 2.05) is 31.2 Å². The quantitative estimate of drug-likeness (QED) is 0.506. The van der Waals surface area contributed by atoms with Crippen molar-refractivity contribution >= 4 is 0 Å². The van der Waals surface area contributed by atoms with Crippen molar-refractivity contribution in [3.8, 4) is 28.0 Å². The Morgan fingerprint density at radius 2 is 1.24 bits per heavy atom. The van der Waals surface area contributed by atoms with Gasteiger partial charge in [0.05, 0.1) is 0 Å². The van der Waals surface area contributed by atoms with Gasteiger partial charge in [0.15, 0.2) is 17.4 Å². The van der Waals surface area contributed by atoms with Gasteiger partial charge in [-0.1, -0.05) is 66.7 Å². The number of benzene rings is 3. The van der Waals surface area contributed by atoms with Crippen molar-refractivity contribution in [2.24, 2.45) is 0 Å². The van der Waals surface area contributed by atoms with E-state index in [1.54, 1.807) is 0 Å². The standard InChI is InChI=1S/C22H18F2O/c1-3-12-25-22-20(23)13-19(14-21(22)24)18-10-8-17(9-11-18)16-6-4-15(2)5-7-16/h3-11,13-14H,1,12H2,2H3. The summed E-state index contributed by atoms with van der Waals surface area (Å²) in [6, 6.07) is 18.4. The molecule has 0 N–H and O–H groups in total. The predicted octanol–water partition coefficient (Wildman–Crippen LogP) is 6.17. The summed E-state index contributed by atoms with van der Waals surface area (Å²) in [7, 11) is 0. The van der Waals surface area contributed by atoms with Crippen LogP contribution in [0.4, 0.5) is 8.78 Å². The second-order valence-corrected chi connectivity index (χ2v) is 5.81. The lowest BCUT2D eigenvalue weighted by molar-refractivity contribution is 0.321. The van der Waals surface area contributed by atoms with Crippen molar-refractivity contribution in [1.82, 2.24) is 0 Å². The summed E-state index contributed by atoms with van der Waals surface area (Å²) >= 11 is 0. The molecule has 3 aromatic rings. The Balaban J connectivity index is 1.89. The van der Waals surface area contributed by atoms with Gasteiger partial charge in [-0.3, -0.25) is 0 Å². The van der Waals surface area contributed by atoms with Gasteiger partial charge in [0.25, 0.3) is 0 Å². The highest BCUT2D eigenvalue weighted by Crippen LogP contribution is 2.30. The third kappa shape index (κ3) is 3.77.